The van der Waals surface area contributed by atoms with Gasteiger partial charge in [0.05, 0.1) is 0 Å². The summed E-state index contributed by atoms with van der Waals surface area (Å²) in [4.78, 5) is 21.3. The van der Waals surface area contributed by atoms with Crippen molar-refractivity contribution < 1.29 is 34.8 Å². The fraction of sp³-hybridized carbons (Fsp3) is 0.750. The van der Waals surface area contributed by atoms with Crippen LogP contribution in [0.5, 0.6) is 0 Å². The number of ether oxygens (including phenoxy) is 1. The summed E-state index contributed by atoms with van der Waals surface area (Å²) in [7, 11) is 0. The lowest BCUT2D eigenvalue weighted by Crippen LogP contribution is -2.64. The number of carbonyl (C=O) groups is 2. The molecule has 0 aromatic carbocycles. The Morgan fingerprint density at radius 2 is 1.75 bits per heavy atom. The minimum atomic E-state index is -1.73. The second-order valence-corrected chi connectivity index (χ2v) is 3.49. The number of aliphatic hydroxyl groups excluding tert-OH is 3. The molecule has 1 aliphatic heterocycles. The van der Waals surface area contributed by atoms with Crippen LogP contribution >= 0.6 is 0 Å². The summed E-state index contributed by atoms with van der Waals surface area (Å²) in [5.41, 5.74) is 0. The fourth-order valence-electron chi connectivity index (χ4n) is 1.47. The predicted molar refractivity (Wildman–Crippen MR) is 48.1 cm³/mol. The number of aliphatic carboxylic acids is 1. The number of rotatable bonds is 2. The highest BCUT2D eigenvalue weighted by atomic mass is 16.6. The molecule has 0 aromatic rings. The van der Waals surface area contributed by atoms with Crippen molar-refractivity contribution in [3.8, 4) is 0 Å². The van der Waals surface area contributed by atoms with Gasteiger partial charge in [0.2, 0.25) is 5.91 Å². The Bertz CT molecular complexity index is 294. The number of aliphatic hydroxyl groups is 3. The summed E-state index contributed by atoms with van der Waals surface area (Å²) in [6.07, 6.45) is -6.76. The van der Waals surface area contributed by atoms with E-state index in [0.717, 1.165) is 6.92 Å². The summed E-state index contributed by atoms with van der Waals surface area (Å²) in [5.74, 6) is -2.06. The number of carboxylic acids is 1. The maximum Gasteiger partial charge on any atom is 0.335 e. The molecule has 8 heteroatoms. The molecule has 1 aliphatic rings. The standard InChI is InChI=1S/C8H13NO7/c1-2(10)9-3-4(11)5(12)6(7(13)14)16-8(3)15/h3-6,8,11-12,15H,1H3,(H,9,10)(H,13,14)/t3-,4+,5-,6+,8+/m1/s1. The molecular formula is C8H13NO7. The van der Waals surface area contributed by atoms with Crippen LogP contribution in [-0.2, 0) is 14.3 Å². The van der Waals surface area contributed by atoms with Crippen molar-refractivity contribution >= 4 is 11.9 Å². The molecule has 1 heterocycles. The minimum absolute atomic E-state index is 0.548. The van der Waals surface area contributed by atoms with Crippen LogP contribution in [0.15, 0.2) is 0 Å². The van der Waals surface area contributed by atoms with Crippen LogP contribution in [0.2, 0.25) is 0 Å². The normalized spacial score (nSPS) is 39.1. The highest BCUT2D eigenvalue weighted by molar-refractivity contribution is 5.74. The SMILES string of the molecule is CC(=O)N[C@@H]1[C@H](O)[C@@H](O)[C@@H](C(=O)O)O[C@@H]1O. The predicted octanol–water partition coefficient (Wildman–Crippen LogP) is -2.99. The van der Waals surface area contributed by atoms with Gasteiger partial charge in [0.1, 0.15) is 18.2 Å². The van der Waals surface area contributed by atoms with E-state index in [4.69, 9.17) is 5.11 Å². The van der Waals surface area contributed by atoms with Crippen molar-refractivity contribution in [3.63, 3.8) is 0 Å². The molecule has 8 nitrogen and oxygen atoms in total. The summed E-state index contributed by atoms with van der Waals surface area (Å²) in [6, 6.07) is -1.26. The van der Waals surface area contributed by atoms with E-state index in [1.807, 2.05) is 0 Å². The molecule has 5 atom stereocenters. The third-order valence-corrected chi connectivity index (χ3v) is 2.23. The lowest BCUT2D eigenvalue weighted by molar-refractivity contribution is -0.249. The van der Waals surface area contributed by atoms with Crippen LogP contribution in [0.3, 0.4) is 0 Å². The van der Waals surface area contributed by atoms with Gasteiger partial charge >= 0.3 is 5.97 Å². The Labute approximate surface area is 90.5 Å². The second-order valence-electron chi connectivity index (χ2n) is 3.49. The Morgan fingerprint density at radius 3 is 2.19 bits per heavy atom. The molecule has 0 spiro atoms. The molecule has 1 amide bonds. The first-order chi connectivity index (χ1) is 7.34. The Balaban J connectivity index is 2.79. The number of hydrogen-bond donors (Lipinski definition) is 5. The van der Waals surface area contributed by atoms with Gasteiger partial charge in [-0.3, -0.25) is 4.79 Å². The summed E-state index contributed by atoms with van der Waals surface area (Å²) >= 11 is 0. The highest BCUT2D eigenvalue weighted by Crippen LogP contribution is 2.20. The molecule has 0 aliphatic carbocycles. The first-order valence-electron chi connectivity index (χ1n) is 4.54. The number of hydrogen-bond acceptors (Lipinski definition) is 6. The molecule has 1 fully saturated rings. The van der Waals surface area contributed by atoms with Crippen LogP contribution in [0.4, 0.5) is 0 Å². The minimum Gasteiger partial charge on any atom is -0.479 e. The zero-order valence-electron chi connectivity index (χ0n) is 8.40. The Kier molecular flexibility index (Phi) is 3.81. The number of carbonyl (C=O) groups excluding carboxylic acids is 1. The lowest BCUT2D eigenvalue weighted by Gasteiger charge is -2.39. The number of carboxylic acid groups (broad SMARTS) is 1. The van der Waals surface area contributed by atoms with Gasteiger partial charge in [0.25, 0.3) is 0 Å². The van der Waals surface area contributed by atoms with E-state index in [2.05, 4.69) is 10.1 Å². The zero-order valence-corrected chi connectivity index (χ0v) is 8.40. The van der Waals surface area contributed by atoms with Gasteiger partial charge in [-0.05, 0) is 0 Å². The van der Waals surface area contributed by atoms with E-state index >= 15 is 0 Å². The molecule has 0 radical (unpaired) electrons. The molecule has 0 unspecified atom stereocenters. The molecule has 0 aromatic heterocycles. The molecule has 0 saturated carbocycles. The van der Waals surface area contributed by atoms with Gasteiger partial charge in [0.15, 0.2) is 12.4 Å². The molecule has 92 valence electrons. The fourth-order valence-corrected chi connectivity index (χ4v) is 1.47. The third-order valence-electron chi connectivity index (χ3n) is 2.23. The maximum absolute atomic E-state index is 10.7. The first kappa shape index (κ1) is 12.8. The highest BCUT2D eigenvalue weighted by Gasteiger charge is 2.47. The van der Waals surface area contributed by atoms with Crippen molar-refractivity contribution in [1.29, 1.82) is 0 Å². The van der Waals surface area contributed by atoms with E-state index in [1.54, 1.807) is 0 Å². The van der Waals surface area contributed by atoms with Crippen molar-refractivity contribution in [2.24, 2.45) is 0 Å². The summed E-state index contributed by atoms with van der Waals surface area (Å²) in [5, 5.41) is 39.0. The number of nitrogens with one attached hydrogen (secondary N) is 1. The van der Waals surface area contributed by atoms with E-state index in [0.29, 0.717) is 0 Å². The second kappa shape index (κ2) is 4.74. The van der Waals surface area contributed by atoms with Crippen LogP contribution in [0.1, 0.15) is 6.92 Å². The van der Waals surface area contributed by atoms with Crippen molar-refractivity contribution in [1.82, 2.24) is 5.32 Å². The monoisotopic (exact) mass is 235 g/mol. The number of amides is 1. The van der Waals surface area contributed by atoms with Crippen LogP contribution in [0.25, 0.3) is 0 Å². The molecule has 16 heavy (non-hydrogen) atoms. The van der Waals surface area contributed by atoms with Crippen molar-refractivity contribution in [2.45, 2.75) is 37.6 Å². The summed E-state index contributed by atoms with van der Waals surface area (Å²) in [6.45, 7) is 1.15. The van der Waals surface area contributed by atoms with Crippen LogP contribution in [0, 0.1) is 0 Å². The van der Waals surface area contributed by atoms with E-state index in [-0.39, 0.29) is 0 Å². The van der Waals surface area contributed by atoms with E-state index in [9.17, 15) is 24.9 Å². The van der Waals surface area contributed by atoms with Gasteiger partial charge in [0, 0.05) is 6.92 Å². The Morgan fingerprint density at radius 1 is 1.19 bits per heavy atom. The van der Waals surface area contributed by atoms with Gasteiger partial charge in [-0.2, -0.15) is 0 Å². The lowest BCUT2D eigenvalue weighted by atomic mass is 9.97. The smallest absolute Gasteiger partial charge is 0.335 e. The zero-order chi connectivity index (χ0) is 12.5. The average molecular weight is 235 g/mol. The molecule has 0 bridgehead atoms. The van der Waals surface area contributed by atoms with Gasteiger partial charge in [-0.25, -0.2) is 4.79 Å². The van der Waals surface area contributed by atoms with Crippen molar-refractivity contribution in [3.05, 3.63) is 0 Å². The Hall–Kier alpha value is -1.22. The van der Waals surface area contributed by atoms with Crippen molar-refractivity contribution in [2.75, 3.05) is 0 Å². The topological polar surface area (TPSA) is 136 Å². The molecule has 1 rings (SSSR count). The first-order valence-corrected chi connectivity index (χ1v) is 4.54. The maximum atomic E-state index is 10.7. The van der Waals surface area contributed by atoms with Gasteiger partial charge in [-0.15, -0.1) is 0 Å². The van der Waals surface area contributed by atoms with Gasteiger partial charge < -0.3 is 30.5 Å². The largest absolute Gasteiger partial charge is 0.479 e. The van der Waals surface area contributed by atoms with Gasteiger partial charge in [-0.1, -0.05) is 0 Å². The van der Waals surface area contributed by atoms with Crippen LogP contribution < -0.4 is 5.32 Å². The van der Waals surface area contributed by atoms with E-state index in [1.165, 1.54) is 0 Å². The van der Waals surface area contributed by atoms with Crippen LogP contribution in [-0.4, -0.2) is 62.9 Å². The third kappa shape index (κ3) is 2.47. The molecule has 5 N–H and O–H groups in total. The quantitative estimate of drug-likeness (QED) is 0.344. The van der Waals surface area contributed by atoms with E-state index < -0.39 is 42.5 Å². The molecule has 1 saturated heterocycles. The summed E-state index contributed by atoms with van der Waals surface area (Å²) < 4.78 is 4.58. The molecular weight excluding hydrogens is 222 g/mol. The average Bonchev–Trinajstić information content (AvgIpc) is 2.17.